The summed E-state index contributed by atoms with van der Waals surface area (Å²) in [6, 6.07) is 0. The maximum atomic E-state index is 11.4. The van der Waals surface area contributed by atoms with Crippen molar-refractivity contribution in [3.63, 3.8) is 0 Å². The molecule has 1 rings (SSSR count). The van der Waals surface area contributed by atoms with Crippen molar-refractivity contribution in [3.8, 4) is 5.75 Å². The summed E-state index contributed by atoms with van der Waals surface area (Å²) in [6.45, 7) is 5.67. The molecule has 0 bridgehead atoms. The predicted molar refractivity (Wildman–Crippen MR) is 74.9 cm³/mol. The highest BCUT2D eigenvalue weighted by atomic mass is 32.1. The molecule has 0 aliphatic carbocycles. The Morgan fingerprint density at radius 2 is 2.22 bits per heavy atom. The number of nitrogen functional groups attached to an aromatic ring is 1. The first-order valence-corrected chi connectivity index (χ1v) is 6.72. The zero-order valence-electron chi connectivity index (χ0n) is 11.0. The molecule has 0 fully saturated rings. The molecule has 0 spiro atoms. The summed E-state index contributed by atoms with van der Waals surface area (Å²) in [6.07, 6.45) is 0.893. The van der Waals surface area contributed by atoms with E-state index in [1.165, 1.54) is 18.3 Å². The first-order chi connectivity index (χ1) is 8.61. The molecule has 18 heavy (non-hydrogen) atoms. The van der Waals surface area contributed by atoms with Gasteiger partial charge >= 0.3 is 0 Å². The SMILES string of the molecule is CCOCCCNc1sc(C(C)=O)c(N)c1OC. The molecule has 0 amide bonds. The molecule has 0 aliphatic heterocycles. The van der Waals surface area contributed by atoms with Gasteiger partial charge in [0.1, 0.15) is 5.00 Å². The third-order valence-electron chi connectivity index (χ3n) is 2.38. The average Bonchev–Trinajstić information content (AvgIpc) is 2.65. The summed E-state index contributed by atoms with van der Waals surface area (Å²) in [7, 11) is 1.55. The van der Waals surface area contributed by atoms with Crippen molar-refractivity contribution in [1.82, 2.24) is 0 Å². The molecular weight excluding hydrogens is 252 g/mol. The van der Waals surface area contributed by atoms with Crippen LogP contribution in [0.25, 0.3) is 0 Å². The second-order valence-electron chi connectivity index (χ2n) is 3.74. The van der Waals surface area contributed by atoms with Gasteiger partial charge in [0.25, 0.3) is 0 Å². The lowest BCUT2D eigenvalue weighted by Crippen LogP contribution is -2.05. The summed E-state index contributed by atoms with van der Waals surface area (Å²) >= 11 is 1.33. The van der Waals surface area contributed by atoms with Gasteiger partial charge in [0.2, 0.25) is 0 Å². The molecule has 0 radical (unpaired) electrons. The van der Waals surface area contributed by atoms with Gasteiger partial charge in [-0.2, -0.15) is 0 Å². The number of carbonyl (C=O) groups is 1. The van der Waals surface area contributed by atoms with E-state index in [1.807, 2.05) is 6.92 Å². The van der Waals surface area contributed by atoms with Crippen LogP contribution in [0.2, 0.25) is 0 Å². The average molecular weight is 272 g/mol. The van der Waals surface area contributed by atoms with Crippen molar-refractivity contribution < 1.29 is 14.3 Å². The van der Waals surface area contributed by atoms with Crippen LogP contribution in [-0.4, -0.2) is 32.7 Å². The summed E-state index contributed by atoms with van der Waals surface area (Å²) in [5.41, 5.74) is 6.29. The van der Waals surface area contributed by atoms with Crippen molar-refractivity contribution in [1.29, 1.82) is 0 Å². The van der Waals surface area contributed by atoms with Gasteiger partial charge in [-0.25, -0.2) is 0 Å². The van der Waals surface area contributed by atoms with Crippen LogP contribution in [0.15, 0.2) is 0 Å². The number of hydrogen-bond acceptors (Lipinski definition) is 6. The predicted octanol–water partition coefficient (Wildman–Crippen LogP) is 2.38. The van der Waals surface area contributed by atoms with Crippen molar-refractivity contribution in [3.05, 3.63) is 4.88 Å². The molecule has 102 valence electrons. The summed E-state index contributed by atoms with van der Waals surface area (Å²) in [5, 5.41) is 4.02. The van der Waals surface area contributed by atoms with Crippen LogP contribution < -0.4 is 15.8 Å². The number of nitrogens with one attached hydrogen (secondary N) is 1. The van der Waals surface area contributed by atoms with Gasteiger partial charge in [-0.3, -0.25) is 4.79 Å². The molecule has 3 N–H and O–H groups in total. The highest BCUT2D eigenvalue weighted by Crippen LogP contribution is 2.42. The van der Waals surface area contributed by atoms with Gasteiger partial charge < -0.3 is 20.5 Å². The molecule has 0 aromatic carbocycles. The quantitative estimate of drug-likeness (QED) is 0.561. The molecule has 0 atom stereocenters. The molecule has 0 saturated carbocycles. The van der Waals surface area contributed by atoms with E-state index in [2.05, 4.69) is 5.32 Å². The van der Waals surface area contributed by atoms with E-state index < -0.39 is 0 Å². The minimum absolute atomic E-state index is 0.0434. The number of anilines is 2. The summed E-state index contributed by atoms with van der Waals surface area (Å²) < 4.78 is 10.5. The van der Waals surface area contributed by atoms with Crippen LogP contribution in [0, 0.1) is 0 Å². The van der Waals surface area contributed by atoms with Crippen molar-refractivity contribution in [2.24, 2.45) is 0 Å². The van der Waals surface area contributed by atoms with Gasteiger partial charge in [-0.05, 0) is 13.3 Å². The number of thiophene rings is 1. The fraction of sp³-hybridized carbons (Fsp3) is 0.583. The third kappa shape index (κ3) is 3.61. The second-order valence-corrected chi connectivity index (χ2v) is 4.76. The van der Waals surface area contributed by atoms with E-state index in [9.17, 15) is 4.79 Å². The zero-order chi connectivity index (χ0) is 13.5. The highest BCUT2D eigenvalue weighted by molar-refractivity contribution is 7.19. The number of nitrogens with two attached hydrogens (primary N) is 1. The Bertz CT molecular complexity index is 404. The number of hydrogen-bond donors (Lipinski definition) is 2. The summed E-state index contributed by atoms with van der Waals surface area (Å²) in [4.78, 5) is 11.9. The fourth-order valence-corrected chi connectivity index (χ4v) is 2.54. The van der Waals surface area contributed by atoms with Crippen LogP contribution in [0.4, 0.5) is 10.7 Å². The lowest BCUT2D eigenvalue weighted by molar-refractivity contribution is 0.102. The van der Waals surface area contributed by atoms with E-state index in [0.29, 0.717) is 22.9 Å². The van der Waals surface area contributed by atoms with E-state index in [0.717, 1.165) is 24.6 Å². The van der Waals surface area contributed by atoms with E-state index in [4.69, 9.17) is 15.2 Å². The van der Waals surface area contributed by atoms with Crippen molar-refractivity contribution in [2.75, 3.05) is 37.9 Å². The number of methoxy groups -OCH3 is 1. The maximum Gasteiger partial charge on any atom is 0.176 e. The Hall–Kier alpha value is -1.27. The summed E-state index contributed by atoms with van der Waals surface area (Å²) in [5.74, 6) is 0.514. The fourth-order valence-electron chi connectivity index (χ4n) is 1.53. The zero-order valence-corrected chi connectivity index (χ0v) is 11.9. The molecular formula is C12H20N2O3S. The highest BCUT2D eigenvalue weighted by Gasteiger charge is 2.18. The minimum atomic E-state index is -0.0434. The van der Waals surface area contributed by atoms with E-state index >= 15 is 0 Å². The Morgan fingerprint density at radius 3 is 2.78 bits per heavy atom. The number of carbonyl (C=O) groups excluding carboxylic acids is 1. The van der Waals surface area contributed by atoms with Crippen LogP contribution in [0.1, 0.15) is 29.9 Å². The first kappa shape index (κ1) is 14.8. The Kier molecular flexibility index (Phi) is 5.94. The molecule has 1 aromatic heterocycles. The van der Waals surface area contributed by atoms with Crippen LogP contribution in [-0.2, 0) is 4.74 Å². The van der Waals surface area contributed by atoms with Gasteiger partial charge in [-0.15, -0.1) is 11.3 Å². The second kappa shape index (κ2) is 7.23. The first-order valence-electron chi connectivity index (χ1n) is 5.90. The molecule has 0 unspecified atom stereocenters. The molecule has 1 heterocycles. The minimum Gasteiger partial charge on any atom is -0.492 e. The molecule has 6 heteroatoms. The molecule has 0 saturated heterocycles. The van der Waals surface area contributed by atoms with E-state index in [-0.39, 0.29) is 5.78 Å². The Balaban J connectivity index is 2.64. The third-order valence-corrected chi connectivity index (χ3v) is 3.62. The van der Waals surface area contributed by atoms with Crippen molar-refractivity contribution >= 4 is 27.8 Å². The largest absolute Gasteiger partial charge is 0.492 e. The standard InChI is InChI=1S/C12H20N2O3S/c1-4-17-7-5-6-14-12-10(16-3)9(13)11(18-12)8(2)15/h14H,4-7,13H2,1-3H3. The number of ether oxygens (including phenoxy) is 2. The van der Waals surface area contributed by atoms with Gasteiger partial charge in [-0.1, -0.05) is 0 Å². The lowest BCUT2D eigenvalue weighted by atomic mass is 10.3. The van der Waals surface area contributed by atoms with Crippen LogP contribution in [0.5, 0.6) is 5.75 Å². The monoisotopic (exact) mass is 272 g/mol. The molecule has 0 aliphatic rings. The topological polar surface area (TPSA) is 73.6 Å². The van der Waals surface area contributed by atoms with E-state index in [1.54, 1.807) is 7.11 Å². The molecule has 5 nitrogen and oxygen atoms in total. The number of ketones is 1. The number of rotatable bonds is 8. The molecule has 1 aromatic rings. The normalized spacial score (nSPS) is 10.4. The van der Waals surface area contributed by atoms with Crippen LogP contribution in [0.3, 0.4) is 0 Å². The Labute approximate surface area is 111 Å². The Morgan fingerprint density at radius 1 is 1.50 bits per heavy atom. The maximum absolute atomic E-state index is 11.4. The smallest absolute Gasteiger partial charge is 0.176 e. The lowest BCUT2D eigenvalue weighted by Gasteiger charge is -2.06. The van der Waals surface area contributed by atoms with Crippen molar-refractivity contribution in [2.45, 2.75) is 20.3 Å². The number of Topliss-reactive ketones (excluding diaryl/α,β-unsaturated/α-hetero) is 1. The van der Waals surface area contributed by atoms with Gasteiger partial charge in [0.15, 0.2) is 11.5 Å². The van der Waals surface area contributed by atoms with Crippen LogP contribution >= 0.6 is 11.3 Å². The van der Waals surface area contributed by atoms with Gasteiger partial charge in [0, 0.05) is 26.7 Å². The van der Waals surface area contributed by atoms with Gasteiger partial charge in [0.05, 0.1) is 17.7 Å².